The summed E-state index contributed by atoms with van der Waals surface area (Å²) in [4.78, 5) is 2.39. The van der Waals surface area contributed by atoms with Crippen LogP contribution in [0.25, 0.3) is 0 Å². The van der Waals surface area contributed by atoms with Gasteiger partial charge in [0.1, 0.15) is 6.67 Å². The number of benzene rings is 6. The predicted octanol–water partition coefficient (Wildman–Crippen LogP) is 8.30. The summed E-state index contributed by atoms with van der Waals surface area (Å²) in [6.45, 7) is 14.4. The first-order chi connectivity index (χ1) is 24.0. The van der Waals surface area contributed by atoms with Crippen molar-refractivity contribution >= 4 is 46.0 Å². The smallest absolute Gasteiger partial charge is 0.179 e. The Labute approximate surface area is 299 Å². The summed E-state index contributed by atoms with van der Waals surface area (Å²) in [5.74, 6) is 0.952. The lowest BCUT2D eigenvalue weighted by Crippen LogP contribution is -2.74. The molecular weight excluding hydrogens is 623 g/mol. The third kappa shape index (κ3) is 6.32. The highest BCUT2D eigenvalue weighted by atomic mass is 28.3. The highest BCUT2D eigenvalue weighted by Gasteiger charge is 2.42. The maximum absolute atomic E-state index is 5.39. The third-order valence-corrected chi connectivity index (χ3v) is 14.7. The van der Waals surface area contributed by atoms with Gasteiger partial charge in [-0.05, 0) is 67.0 Å². The second kappa shape index (κ2) is 13.3. The molecular formula is C46H47N3Si. The summed E-state index contributed by atoms with van der Waals surface area (Å²) in [6, 6.07) is 60.3. The third-order valence-electron chi connectivity index (χ3n) is 9.94. The topological polar surface area (TPSA) is 18.8 Å². The van der Waals surface area contributed by atoms with Crippen LogP contribution in [0.4, 0.5) is 11.4 Å². The van der Waals surface area contributed by atoms with Crippen molar-refractivity contribution < 1.29 is 0 Å². The van der Waals surface area contributed by atoms with E-state index in [2.05, 4.69) is 215 Å². The van der Waals surface area contributed by atoms with Crippen LogP contribution in [0, 0.1) is 0 Å². The molecule has 0 saturated heterocycles. The van der Waals surface area contributed by atoms with Crippen molar-refractivity contribution in [2.24, 2.45) is 5.10 Å². The molecule has 1 heterocycles. The maximum Gasteiger partial charge on any atom is 0.179 e. The summed E-state index contributed by atoms with van der Waals surface area (Å²) in [5.41, 5.74) is 6.02. The zero-order chi connectivity index (χ0) is 34.9. The van der Waals surface area contributed by atoms with Crippen molar-refractivity contribution in [2.45, 2.75) is 52.4 Å². The first kappa shape index (κ1) is 33.3. The van der Waals surface area contributed by atoms with Crippen molar-refractivity contribution in [1.82, 2.24) is 0 Å². The largest absolute Gasteiger partial charge is 0.304 e. The van der Waals surface area contributed by atoms with E-state index in [0.717, 1.165) is 22.8 Å². The lowest BCUT2D eigenvalue weighted by atomic mass is 9.80. The van der Waals surface area contributed by atoms with Crippen molar-refractivity contribution in [1.29, 1.82) is 0 Å². The minimum atomic E-state index is -2.70. The second-order valence-electron chi connectivity index (χ2n) is 15.4. The monoisotopic (exact) mass is 669 g/mol. The number of anilines is 2. The molecule has 0 radical (unpaired) electrons. The lowest BCUT2D eigenvalue weighted by molar-refractivity contribution is 0.568. The fraction of sp³-hybridized carbons (Fsp3) is 0.196. The standard InChI is InChI=1S/C46H47N3Si/c1-45(2,3)36-30-37(46(4,5)6)32-39(31-36)49-34-48(44(47-49)35-20-11-7-12-21-35)38-22-19-29-43(33-38)50(40-23-13-8-14-24-40,41-25-15-9-16-26-41)42-27-17-10-18-28-42/h7-33H,34H2,1-6H3. The molecule has 0 N–H and O–H groups in total. The Morgan fingerprint density at radius 1 is 0.460 bits per heavy atom. The van der Waals surface area contributed by atoms with E-state index < -0.39 is 8.07 Å². The quantitative estimate of drug-likeness (QED) is 0.126. The van der Waals surface area contributed by atoms with Gasteiger partial charge in [0.2, 0.25) is 0 Å². The van der Waals surface area contributed by atoms with E-state index in [1.807, 2.05) is 0 Å². The molecule has 50 heavy (non-hydrogen) atoms. The van der Waals surface area contributed by atoms with Gasteiger partial charge in [-0.3, -0.25) is 0 Å². The average Bonchev–Trinajstić information content (AvgIpc) is 3.59. The van der Waals surface area contributed by atoms with Crippen LogP contribution in [0.2, 0.25) is 0 Å². The summed E-state index contributed by atoms with van der Waals surface area (Å²) in [6.07, 6.45) is 0. The molecule has 0 unspecified atom stereocenters. The molecule has 1 aliphatic rings. The molecule has 6 aromatic rings. The fourth-order valence-corrected chi connectivity index (χ4v) is 11.9. The minimum absolute atomic E-state index is 0.00992. The van der Waals surface area contributed by atoms with Gasteiger partial charge >= 0.3 is 0 Å². The molecule has 250 valence electrons. The fourth-order valence-electron chi connectivity index (χ4n) is 7.14. The SMILES string of the molecule is CC(C)(C)c1cc(N2CN(c3cccc([Si](c4ccccc4)(c4ccccc4)c4ccccc4)c3)C(c3ccccc3)=N2)cc(C(C)(C)C)c1. The van der Waals surface area contributed by atoms with E-state index in [9.17, 15) is 0 Å². The number of hydrogen-bond acceptors (Lipinski definition) is 3. The van der Waals surface area contributed by atoms with Crippen LogP contribution >= 0.6 is 0 Å². The second-order valence-corrected chi connectivity index (χ2v) is 19.2. The van der Waals surface area contributed by atoms with Gasteiger partial charge in [-0.2, -0.15) is 5.10 Å². The number of hydrazone groups is 1. The summed E-state index contributed by atoms with van der Waals surface area (Å²) in [7, 11) is -2.70. The van der Waals surface area contributed by atoms with E-state index in [-0.39, 0.29) is 10.8 Å². The van der Waals surface area contributed by atoms with Crippen molar-refractivity contribution in [2.75, 3.05) is 16.6 Å². The van der Waals surface area contributed by atoms with E-state index in [1.165, 1.54) is 31.9 Å². The number of rotatable bonds is 7. The molecule has 0 aliphatic carbocycles. The van der Waals surface area contributed by atoms with Crippen molar-refractivity contribution in [3.05, 3.63) is 180 Å². The zero-order valence-electron chi connectivity index (χ0n) is 30.1. The van der Waals surface area contributed by atoms with Gasteiger partial charge in [0.25, 0.3) is 0 Å². The van der Waals surface area contributed by atoms with Crippen LogP contribution in [-0.4, -0.2) is 20.6 Å². The van der Waals surface area contributed by atoms with Crippen LogP contribution in [0.5, 0.6) is 0 Å². The van der Waals surface area contributed by atoms with E-state index in [4.69, 9.17) is 5.10 Å². The highest BCUT2D eigenvalue weighted by molar-refractivity contribution is 7.19. The predicted molar refractivity (Wildman–Crippen MR) is 217 cm³/mol. The van der Waals surface area contributed by atoms with E-state index in [1.54, 1.807) is 0 Å². The summed E-state index contributed by atoms with van der Waals surface area (Å²) in [5, 5.41) is 13.0. The number of amidine groups is 1. The normalized spacial score (nSPS) is 13.8. The molecule has 0 aromatic heterocycles. The van der Waals surface area contributed by atoms with E-state index >= 15 is 0 Å². The Morgan fingerprint density at radius 2 is 0.900 bits per heavy atom. The van der Waals surface area contributed by atoms with E-state index in [0.29, 0.717) is 6.67 Å². The summed E-state index contributed by atoms with van der Waals surface area (Å²) < 4.78 is 0. The van der Waals surface area contributed by atoms with Gasteiger partial charge in [-0.15, -0.1) is 0 Å². The minimum Gasteiger partial charge on any atom is -0.304 e. The Hall–Kier alpha value is -5.19. The number of nitrogens with zero attached hydrogens (tertiary/aromatic N) is 3. The molecule has 4 heteroatoms. The van der Waals surface area contributed by atoms with Crippen LogP contribution in [0.3, 0.4) is 0 Å². The first-order valence-corrected chi connectivity index (χ1v) is 19.7. The van der Waals surface area contributed by atoms with Crippen molar-refractivity contribution in [3.8, 4) is 0 Å². The maximum atomic E-state index is 5.39. The van der Waals surface area contributed by atoms with Gasteiger partial charge in [-0.1, -0.05) is 181 Å². The lowest BCUT2D eigenvalue weighted by Gasteiger charge is -2.35. The first-order valence-electron chi connectivity index (χ1n) is 17.7. The van der Waals surface area contributed by atoms with Crippen LogP contribution in [-0.2, 0) is 10.8 Å². The molecule has 6 aromatic carbocycles. The van der Waals surface area contributed by atoms with Crippen molar-refractivity contribution in [3.63, 3.8) is 0 Å². The zero-order valence-corrected chi connectivity index (χ0v) is 31.1. The molecule has 7 rings (SSSR count). The molecule has 1 aliphatic heterocycles. The Kier molecular flexibility index (Phi) is 8.83. The molecule has 0 spiro atoms. The van der Waals surface area contributed by atoms with Gasteiger partial charge in [0, 0.05) is 11.3 Å². The number of hydrogen-bond donors (Lipinski definition) is 0. The van der Waals surface area contributed by atoms with Gasteiger partial charge < -0.3 is 4.90 Å². The van der Waals surface area contributed by atoms with Crippen LogP contribution in [0.1, 0.15) is 58.2 Å². The average molecular weight is 670 g/mol. The Bertz CT molecular complexity index is 1970. The van der Waals surface area contributed by atoms with Gasteiger partial charge in [0.05, 0.1) is 5.69 Å². The molecule has 0 bridgehead atoms. The van der Waals surface area contributed by atoms with Gasteiger partial charge in [0.15, 0.2) is 13.9 Å². The molecule has 0 fully saturated rings. The molecule has 3 nitrogen and oxygen atoms in total. The molecule has 0 amide bonds. The van der Waals surface area contributed by atoms with Crippen LogP contribution < -0.4 is 30.7 Å². The molecule has 0 saturated carbocycles. The highest BCUT2D eigenvalue weighted by Crippen LogP contribution is 2.35. The Balaban J connectivity index is 1.41. The Morgan fingerprint density at radius 3 is 1.36 bits per heavy atom. The summed E-state index contributed by atoms with van der Waals surface area (Å²) >= 11 is 0. The molecule has 0 atom stereocenters. The van der Waals surface area contributed by atoms with Gasteiger partial charge in [-0.25, -0.2) is 5.01 Å². The van der Waals surface area contributed by atoms with Crippen LogP contribution in [0.15, 0.2) is 169 Å².